The third-order valence-corrected chi connectivity index (χ3v) is 5.27. The Morgan fingerprint density at radius 3 is 3.00 bits per heavy atom. The van der Waals surface area contributed by atoms with Gasteiger partial charge in [-0.15, -0.1) is 0 Å². The van der Waals surface area contributed by atoms with Gasteiger partial charge in [-0.25, -0.2) is 0 Å². The summed E-state index contributed by atoms with van der Waals surface area (Å²) in [5.41, 5.74) is 5.46. The van der Waals surface area contributed by atoms with Gasteiger partial charge in [-0.2, -0.15) is 23.5 Å². The van der Waals surface area contributed by atoms with Crippen molar-refractivity contribution < 1.29 is 9.53 Å². The van der Waals surface area contributed by atoms with Crippen LogP contribution in [0.3, 0.4) is 0 Å². The second kappa shape index (κ2) is 8.22. The van der Waals surface area contributed by atoms with Gasteiger partial charge in [0.15, 0.2) is 0 Å². The molecule has 0 aliphatic carbocycles. The van der Waals surface area contributed by atoms with Gasteiger partial charge in [-0.1, -0.05) is 0 Å². The van der Waals surface area contributed by atoms with E-state index in [0.717, 1.165) is 12.3 Å². The van der Waals surface area contributed by atoms with Gasteiger partial charge in [0.25, 0.3) is 0 Å². The molecule has 1 aliphatic rings. The van der Waals surface area contributed by atoms with Crippen LogP contribution >= 0.6 is 23.5 Å². The molecule has 0 saturated carbocycles. The van der Waals surface area contributed by atoms with Crippen LogP contribution in [0.25, 0.3) is 0 Å². The molecule has 1 rings (SSSR count). The molecule has 4 nitrogen and oxygen atoms in total. The van der Waals surface area contributed by atoms with Crippen LogP contribution in [0.15, 0.2) is 0 Å². The number of hydrogen-bond acceptors (Lipinski definition) is 5. The Morgan fingerprint density at radius 2 is 2.44 bits per heavy atom. The van der Waals surface area contributed by atoms with Crippen LogP contribution in [-0.4, -0.2) is 54.7 Å². The van der Waals surface area contributed by atoms with Crippen LogP contribution in [0.1, 0.15) is 6.42 Å². The average Bonchev–Trinajstić information content (AvgIpc) is 2.34. The second-order valence-corrected chi connectivity index (χ2v) is 6.23. The van der Waals surface area contributed by atoms with Crippen molar-refractivity contribution in [3.63, 3.8) is 0 Å². The van der Waals surface area contributed by atoms with Crippen molar-refractivity contribution in [1.82, 2.24) is 5.32 Å². The number of nitrogens with one attached hydrogen (secondary N) is 1. The maximum absolute atomic E-state index is 11.6. The Bertz CT molecular complexity index is 207. The molecule has 1 aliphatic heterocycles. The van der Waals surface area contributed by atoms with E-state index in [1.54, 1.807) is 7.11 Å². The summed E-state index contributed by atoms with van der Waals surface area (Å²) in [5, 5.41) is 3.50. The Kier molecular flexibility index (Phi) is 7.27. The van der Waals surface area contributed by atoms with E-state index in [9.17, 15) is 4.79 Å². The zero-order chi connectivity index (χ0) is 11.8. The largest absolute Gasteiger partial charge is 0.380 e. The van der Waals surface area contributed by atoms with E-state index >= 15 is 0 Å². The minimum Gasteiger partial charge on any atom is -0.380 e. The molecule has 1 amide bonds. The highest BCUT2D eigenvalue weighted by atomic mass is 32.2. The number of rotatable bonds is 6. The monoisotopic (exact) mass is 264 g/mol. The first kappa shape index (κ1) is 14.2. The Balaban J connectivity index is 2.13. The Labute approximate surface area is 105 Å². The first-order valence-corrected chi connectivity index (χ1v) is 7.65. The zero-order valence-corrected chi connectivity index (χ0v) is 11.2. The van der Waals surface area contributed by atoms with Crippen LogP contribution in [-0.2, 0) is 9.53 Å². The van der Waals surface area contributed by atoms with Gasteiger partial charge in [0.2, 0.25) is 5.91 Å². The lowest BCUT2D eigenvalue weighted by molar-refractivity contribution is -0.123. The second-order valence-electron chi connectivity index (χ2n) is 3.67. The number of carbonyl (C=O) groups excluding carboxylic acids is 1. The lowest BCUT2D eigenvalue weighted by Gasteiger charge is -2.21. The van der Waals surface area contributed by atoms with Gasteiger partial charge >= 0.3 is 0 Å². The molecule has 16 heavy (non-hydrogen) atoms. The van der Waals surface area contributed by atoms with Crippen molar-refractivity contribution in [1.29, 1.82) is 0 Å². The number of thioether (sulfide) groups is 2. The van der Waals surface area contributed by atoms with E-state index < -0.39 is 0 Å². The predicted octanol–water partition coefficient (Wildman–Crippen LogP) is 0.315. The number of methoxy groups -OCH3 is 1. The van der Waals surface area contributed by atoms with Crippen LogP contribution in [0, 0.1) is 0 Å². The van der Waals surface area contributed by atoms with Gasteiger partial charge in [0, 0.05) is 42.7 Å². The summed E-state index contributed by atoms with van der Waals surface area (Å²) in [5.74, 6) is 3.59. The summed E-state index contributed by atoms with van der Waals surface area (Å²) in [7, 11) is 1.58. The number of amides is 1. The van der Waals surface area contributed by atoms with Crippen molar-refractivity contribution >= 4 is 29.4 Å². The van der Waals surface area contributed by atoms with Crippen LogP contribution in [0.2, 0.25) is 0 Å². The van der Waals surface area contributed by atoms with Crippen molar-refractivity contribution in [2.75, 3.05) is 37.5 Å². The average molecular weight is 264 g/mol. The molecular weight excluding hydrogens is 244 g/mol. The summed E-state index contributed by atoms with van der Waals surface area (Å²) in [4.78, 5) is 11.6. The molecule has 2 atom stereocenters. The maximum atomic E-state index is 11.6. The molecule has 0 spiro atoms. The summed E-state index contributed by atoms with van der Waals surface area (Å²) in [6, 6.07) is 0. The number of hydrogen-bond donors (Lipinski definition) is 2. The third-order valence-electron chi connectivity index (χ3n) is 2.42. The normalized spacial score (nSPS) is 22.8. The van der Waals surface area contributed by atoms with Gasteiger partial charge < -0.3 is 15.8 Å². The summed E-state index contributed by atoms with van der Waals surface area (Å²) < 4.78 is 5.07. The molecule has 0 bridgehead atoms. The van der Waals surface area contributed by atoms with Crippen molar-refractivity contribution in [3.05, 3.63) is 0 Å². The SMILES string of the molecule is COC(CN)CC(=O)NCC1CSCCS1. The van der Waals surface area contributed by atoms with Gasteiger partial charge in [-0.05, 0) is 0 Å². The fraction of sp³-hybridized carbons (Fsp3) is 0.900. The van der Waals surface area contributed by atoms with Crippen molar-refractivity contribution in [2.24, 2.45) is 5.73 Å². The number of nitrogens with two attached hydrogens (primary N) is 1. The summed E-state index contributed by atoms with van der Waals surface area (Å²) >= 11 is 3.90. The highest BCUT2D eigenvalue weighted by Crippen LogP contribution is 2.23. The van der Waals surface area contributed by atoms with Crippen molar-refractivity contribution in [3.8, 4) is 0 Å². The lowest BCUT2D eigenvalue weighted by Crippen LogP contribution is -2.36. The number of ether oxygens (including phenoxy) is 1. The fourth-order valence-corrected chi connectivity index (χ4v) is 4.04. The molecule has 6 heteroatoms. The Hall–Kier alpha value is 0.0900. The molecule has 1 heterocycles. The van der Waals surface area contributed by atoms with Crippen LogP contribution in [0.5, 0.6) is 0 Å². The molecule has 0 radical (unpaired) electrons. The summed E-state index contributed by atoms with van der Waals surface area (Å²) in [6.07, 6.45) is 0.200. The van der Waals surface area contributed by atoms with E-state index in [0.29, 0.717) is 18.2 Å². The molecule has 2 unspecified atom stereocenters. The van der Waals surface area contributed by atoms with Crippen LogP contribution in [0.4, 0.5) is 0 Å². The third kappa shape index (κ3) is 5.43. The summed E-state index contributed by atoms with van der Waals surface area (Å²) in [6.45, 7) is 1.15. The first-order valence-electron chi connectivity index (χ1n) is 5.45. The molecule has 94 valence electrons. The standard InChI is InChI=1S/C10H20N2O2S2/c1-14-8(5-11)4-10(13)12-6-9-7-15-2-3-16-9/h8-9H,2-7,11H2,1H3,(H,12,13). The van der Waals surface area contributed by atoms with E-state index in [4.69, 9.17) is 10.5 Å². The first-order chi connectivity index (χ1) is 7.76. The minimum atomic E-state index is -0.159. The highest BCUT2D eigenvalue weighted by Gasteiger charge is 2.16. The van der Waals surface area contributed by atoms with E-state index in [-0.39, 0.29) is 12.0 Å². The smallest absolute Gasteiger partial charge is 0.222 e. The molecule has 1 saturated heterocycles. The van der Waals surface area contributed by atoms with E-state index in [1.807, 2.05) is 23.5 Å². The van der Waals surface area contributed by atoms with Gasteiger partial charge in [-0.3, -0.25) is 4.79 Å². The highest BCUT2D eigenvalue weighted by molar-refractivity contribution is 8.06. The predicted molar refractivity (Wildman–Crippen MR) is 71.0 cm³/mol. The Morgan fingerprint density at radius 1 is 1.62 bits per heavy atom. The van der Waals surface area contributed by atoms with Gasteiger partial charge in [0.05, 0.1) is 12.5 Å². The topological polar surface area (TPSA) is 64.3 Å². The maximum Gasteiger partial charge on any atom is 0.222 e. The molecule has 1 fully saturated rings. The van der Waals surface area contributed by atoms with Gasteiger partial charge in [0.1, 0.15) is 0 Å². The lowest BCUT2D eigenvalue weighted by atomic mass is 10.2. The molecule has 0 aromatic rings. The minimum absolute atomic E-state index is 0.0356. The van der Waals surface area contributed by atoms with E-state index in [2.05, 4.69) is 5.32 Å². The zero-order valence-electron chi connectivity index (χ0n) is 9.61. The van der Waals surface area contributed by atoms with E-state index in [1.165, 1.54) is 11.5 Å². The quantitative estimate of drug-likeness (QED) is 0.723. The molecule has 0 aromatic heterocycles. The van der Waals surface area contributed by atoms with Crippen molar-refractivity contribution in [2.45, 2.75) is 17.8 Å². The molecule has 3 N–H and O–H groups in total. The fourth-order valence-electron chi connectivity index (χ4n) is 1.42. The van der Waals surface area contributed by atoms with Crippen LogP contribution < -0.4 is 11.1 Å². The molecule has 0 aromatic carbocycles. The molecular formula is C10H20N2O2S2. The number of carbonyl (C=O) groups is 1.